The van der Waals surface area contributed by atoms with Crippen LogP contribution in [0, 0.1) is 0 Å². The lowest BCUT2D eigenvalue weighted by Gasteiger charge is -2.42. The van der Waals surface area contributed by atoms with E-state index in [4.69, 9.17) is 0 Å². The second-order valence-electron chi connectivity index (χ2n) is 8.77. The van der Waals surface area contributed by atoms with E-state index in [9.17, 15) is 0 Å². The first-order valence-electron chi connectivity index (χ1n) is 11.6. The molecule has 0 radical (unpaired) electrons. The summed E-state index contributed by atoms with van der Waals surface area (Å²) in [5.41, 5.74) is 2.17. The largest absolute Gasteiger partial charge is 0.335 e. The Morgan fingerprint density at radius 1 is 0.531 bits per heavy atom. The fraction of sp³-hybridized carbons (Fsp3) is 0.259. The Balaban J connectivity index is 1.54. The summed E-state index contributed by atoms with van der Waals surface area (Å²) in [6.07, 6.45) is 3.44. The molecule has 162 valence electrons. The molecular formula is C27H28N3OP. The number of nitrogens with zero attached hydrogens (tertiary/aromatic N) is 3. The van der Waals surface area contributed by atoms with Crippen LogP contribution < -0.4 is 9.34 Å². The van der Waals surface area contributed by atoms with Gasteiger partial charge in [0.05, 0.1) is 11.4 Å². The van der Waals surface area contributed by atoms with Crippen molar-refractivity contribution in [2.75, 3.05) is 35.5 Å². The first kappa shape index (κ1) is 19.8. The molecule has 0 saturated carbocycles. The minimum atomic E-state index is -3.02. The van der Waals surface area contributed by atoms with Crippen molar-refractivity contribution in [3.05, 3.63) is 84.9 Å². The second kappa shape index (κ2) is 7.95. The van der Waals surface area contributed by atoms with E-state index in [1.165, 1.54) is 28.0 Å². The maximum Gasteiger partial charge on any atom is 0.335 e. The first-order chi connectivity index (χ1) is 15.8. The van der Waals surface area contributed by atoms with Gasteiger partial charge in [0, 0.05) is 37.0 Å². The molecular weight excluding hydrogens is 413 g/mol. The average molecular weight is 442 g/mol. The monoisotopic (exact) mass is 441 g/mol. The number of benzene rings is 4. The molecule has 0 N–H and O–H groups in total. The summed E-state index contributed by atoms with van der Waals surface area (Å²) < 4.78 is 22.0. The van der Waals surface area contributed by atoms with E-state index in [1.54, 1.807) is 0 Å². The number of anilines is 2. The van der Waals surface area contributed by atoms with E-state index in [2.05, 4.69) is 98.9 Å². The molecule has 0 spiro atoms. The molecule has 2 saturated heterocycles. The maximum atomic E-state index is 15.3. The van der Waals surface area contributed by atoms with Gasteiger partial charge in [0.25, 0.3) is 0 Å². The Kier molecular flexibility index (Phi) is 4.93. The van der Waals surface area contributed by atoms with Crippen LogP contribution in [0.4, 0.5) is 11.4 Å². The lowest BCUT2D eigenvalue weighted by molar-refractivity contribution is 0.344. The highest BCUT2D eigenvalue weighted by Gasteiger charge is 2.49. The fourth-order valence-electron chi connectivity index (χ4n) is 5.41. The summed E-state index contributed by atoms with van der Waals surface area (Å²) in [6, 6.07) is 29.7. The molecule has 2 heterocycles. The molecule has 0 aromatic heterocycles. The predicted molar refractivity (Wildman–Crippen MR) is 136 cm³/mol. The third-order valence-electron chi connectivity index (χ3n) is 6.94. The van der Waals surface area contributed by atoms with Crippen molar-refractivity contribution in [2.45, 2.75) is 19.3 Å². The second-order valence-corrected chi connectivity index (χ2v) is 11.3. The molecule has 32 heavy (non-hydrogen) atoms. The van der Waals surface area contributed by atoms with Crippen LogP contribution in [0.25, 0.3) is 21.5 Å². The summed E-state index contributed by atoms with van der Waals surface area (Å²) in [5, 5.41) is 4.73. The number of hydrogen-bond acceptors (Lipinski definition) is 1. The number of fused-ring (bicyclic) bond motifs is 2. The molecule has 4 aromatic rings. The molecule has 2 aliphatic rings. The molecule has 2 aliphatic heterocycles. The molecule has 0 atom stereocenters. The average Bonchev–Trinajstić information content (AvgIpc) is 3.21. The highest BCUT2D eigenvalue weighted by Crippen LogP contribution is 2.64. The van der Waals surface area contributed by atoms with E-state index in [-0.39, 0.29) is 0 Å². The van der Waals surface area contributed by atoms with Gasteiger partial charge < -0.3 is 0 Å². The van der Waals surface area contributed by atoms with Crippen LogP contribution in [-0.2, 0) is 4.57 Å². The highest BCUT2D eigenvalue weighted by molar-refractivity contribution is 7.65. The zero-order valence-corrected chi connectivity index (χ0v) is 19.1. The Labute approximate surface area is 189 Å². The zero-order chi connectivity index (χ0) is 21.5. The normalized spacial score (nSPS) is 19.1. The molecule has 2 fully saturated rings. The van der Waals surface area contributed by atoms with Gasteiger partial charge in [-0.1, -0.05) is 79.2 Å². The van der Waals surface area contributed by atoms with Crippen LogP contribution in [0.1, 0.15) is 19.3 Å². The Morgan fingerprint density at radius 2 is 1.00 bits per heavy atom. The Hall–Kier alpha value is -2.81. The standard InChI is InChI=1S/C27H28N3OP/c31-32(28-18-6-1-7-19-28)29(26-16-8-12-22-10-2-4-14-24(22)26)20-21-30(32)27-17-9-13-23-11-3-5-15-25(23)27/h2-5,8-17H,1,6-7,18-21H2. The first-order valence-corrected chi connectivity index (χ1v) is 13.2. The van der Waals surface area contributed by atoms with Crippen LogP contribution in [0.15, 0.2) is 84.9 Å². The van der Waals surface area contributed by atoms with Crippen molar-refractivity contribution < 1.29 is 4.57 Å². The van der Waals surface area contributed by atoms with Crippen LogP contribution in [0.3, 0.4) is 0 Å². The van der Waals surface area contributed by atoms with Gasteiger partial charge in [0.2, 0.25) is 0 Å². The number of piperidine rings is 1. The maximum absolute atomic E-state index is 15.3. The minimum absolute atomic E-state index is 0.755. The van der Waals surface area contributed by atoms with Crippen molar-refractivity contribution in [3.63, 3.8) is 0 Å². The number of hydrogen-bond donors (Lipinski definition) is 0. The third-order valence-corrected chi connectivity index (χ3v) is 10.2. The van der Waals surface area contributed by atoms with E-state index >= 15 is 4.57 Å². The van der Waals surface area contributed by atoms with Gasteiger partial charge in [0.1, 0.15) is 0 Å². The zero-order valence-electron chi connectivity index (χ0n) is 18.2. The van der Waals surface area contributed by atoms with Gasteiger partial charge >= 0.3 is 7.59 Å². The fourth-order valence-corrected chi connectivity index (χ4v) is 8.70. The highest BCUT2D eigenvalue weighted by atomic mass is 31.2. The summed E-state index contributed by atoms with van der Waals surface area (Å²) in [4.78, 5) is 0. The van der Waals surface area contributed by atoms with Gasteiger partial charge in [-0.15, -0.1) is 0 Å². The van der Waals surface area contributed by atoms with Gasteiger partial charge in [0.15, 0.2) is 0 Å². The van der Waals surface area contributed by atoms with Gasteiger partial charge in [-0.3, -0.25) is 13.9 Å². The molecule has 0 bridgehead atoms. The quantitative estimate of drug-likeness (QED) is 0.323. The summed E-state index contributed by atoms with van der Waals surface area (Å²) in [5.74, 6) is 0. The molecule has 4 nitrogen and oxygen atoms in total. The number of rotatable bonds is 3. The Bertz CT molecular complexity index is 1230. The third kappa shape index (κ3) is 3.05. The van der Waals surface area contributed by atoms with Crippen molar-refractivity contribution in [1.29, 1.82) is 0 Å². The smallest absolute Gasteiger partial charge is 0.292 e. The molecule has 6 rings (SSSR count). The molecule has 0 aliphatic carbocycles. The van der Waals surface area contributed by atoms with Crippen LogP contribution in [0.5, 0.6) is 0 Å². The SMILES string of the molecule is O=P1(N2CCCCC2)N(c2cccc3ccccc23)CCN1c1cccc2ccccc12. The predicted octanol–water partition coefficient (Wildman–Crippen LogP) is 6.91. The van der Waals surface area contributed by atoms with Gasteiger partial charge in [-0.2, -0.15) is 0 Å². The summed E-state index contributed by atoms with van der Waals surface area (Å²) in [7, 11) is -3.02. The molecule has 0 amide bonds. The van der Waals surface area contributed by atoms with Crippen molar-refractivity contribution >= 4 is 40.5 Å². The van der Waals surface area contributed by atoms with Crippen LogP contribution >= 0.6 is 7.59 Å². The van der Waals surface area contributed by atoms with Crippen molar-refractivity contribution in [2.24, 2.45) is 0 Å². The van der Waals surface area contributed by atoms with E-state index in [1.807, 2.05) is 0 Å². The molecule has 4 aromatic carbocycles. The summed E-state index contributed by atoms with van der Waals surface area (Å²) >= 11 is 0. The lowest BCUT2D eigenvalue weighted by Crippen LogP contribution is -2.37. The van der Waals surface area contributed by atoms with E-state index in [0.29, 0.717) is 0 Å². The van der Waals surface area contributed by atoms with Crippen molar-refractivity contribution in [1.82, 2.24) is 4.67 Å². The Morgan fingerprint density at radius 3 is 1.53 bits per heavy atom. The lowest BCUT2D eigenvalue weighted by atomic mass is 10.1. The van der Waals surface area contributed by atoms with E-state index < -0.39 is 7.59 Å². The minimum Gasteiger partial charge on any atom is -0.292 e. The van der Waals surface area contributed by atoms with E-state index in [0.717, 1.165) is 50.4 Å². The summed E-state index contributed by atoms with van der Waals surface area (Å²) in [6.45, 7) is 3.29. The van der Waals surface area contributed by atoms with Crippen molar-refractivity contribution in [3.8, 4) is 0 Å². The molecule has 0 unspecified atom stereocenters. The van der Waals surface area contributed by atoms with Gasteiger partial charge in [-0.25, -0.2) is 4.67 Å². The topological polar surface area (TPSA) is 26.8 Å². The van der Waals surface area contributed by atoms with Gasteiger partial charge in [-0.05, 0) is 35.7 Å². The van der Waals surface area contributed by atoms with Crippen LogP contribution in [-0.4, -0.2) is 30.8 Å². The molecule has 5 heteroatoms. The van der Waals surface area contributed by atoms with Crippen LogP contribution in [0.2, 0.25) is 0 Å².